The first-order chi connectivity index (χ1) is 17.2. The number of cyclic esters (lactones) is 1. The zero-order valence-corrected chi connectivity index (χ0v) is 23.0. The number of ether oxygens (including phenoxy) is 5. The Kier molecular flexibility index (Phi) is 6.76. The third-order valence-electron chi connectivity index (χ3n) is 8.77. The van der Waals surface area contributed by atoms with Gasteiger partial charge >= 0.3 is 17.9 Å². The molecule has 0 aromatic heterocycles. The number of esters is 3. The number of methoxy groups -OCH3 is 2. The summed E-state index contributed by atoms with van der Waals surface area (Å²) in [6, 6.07) is 0. The molecule has 0 saturated heterocycles. The molecule has 9 nitrogen and oxygen atoms in total. The van der Waals surface area contributed by atoms with Crippen LogP contribution in [0.2, 0.25) is 0 Å². The lowest BCUT2D eigenvalue weighted by atomic mass is 9.48. The van der Waals surface area contributed by atoms with E-state index < -0.39 is 40.6 Å². The lowest BCUT2D eigenvalue weighted by Gasteiger charge is -2.62. The molecule has 4 rings (SSSR count). The van der Waals surface area contributed by atoms with E-state index in [9.17, 15) is 19.5 Å². The van der Waals surface area contributed by atoms with Crippen molar-refractivity contribution in [1.29, 1.82) is 0 Å². The number of carbonyl (C=O) groups excluding carboxylic acids is 3. The van der Waals surface area contributed by atoms with Crippen LogP contribution >= 0.6 is 0 Å². The van der Waals surface area contributed by atoms with E-state index in [1.165, 1.54) is 21.1 Å². The first-order valence-corrected chi connectivity index (χ1v) is 12.7. The van der Waals surface area contributed by atoms with E-state index in [1.807, 2.05) is 20.8 Å². The molecule has 0 spiro atoms. The second kappa shape index (κ2) is 9.19. The monoisotopic (exact) mass is 518 g/mol. The molecule has 0 bridgehead atoms. The van der Waals surface area contributed by atoms with Crippen LogP contribution in [-0.4, -0.2) is 54.5 Å². The van der Waals surface area contributed by atoms with Gasteiger partial charge in [0.2, 0.25) is 0 Å². The van der Waals surface area contributed by atoms with E-state index in [1.54, 1.807) is 13.8 Å². The summed E-state index contributed by atoms with van der Waals surface area (Å²) in [5.41, 5.74) is -0.00394. The van der Waals surface area contributed by atoms with E-state index in [2.05, 4.69) is 0 Å². The first kappa shape index (κ1) is 27.2. The van der Waals surface area contributed by atoms with Crippen LogP contribution in [0.4, 0.5) is 0 Å². The summed E-state index contributed by atoms with van der Waals surface area (Å²) in [6.07, 6.45) is 0.683. The van der Waals surface area contributed by atoms with E-state index in [0.717, 1.165) is 16.7 Å². The van der Waals surface area contributed by atoms with Gasteiger partial charge in [0, 0.05) is 42.7 Å². The van der Waals surface area contributed by atoms with Crippen LogP contribution in [0.15, 0.2) is 0 Å². The minimum atomic E-state index is -1.24. The van der Waals surface area contributed by atoms with E-state index in [4.69, 9.17) is 23.7 Å². The Bertz CT molecular complexity index is 1130. The molecular weight excluding hydrogens is 480 g/mol. The van der Waals surface area contributed by atoms with Crippen LogP contribution in [0.3, 0.4) is 0 Å². The highest BCUT2D eigenvalue weighted by atomic mass is 16.6. The van der Waals surface area contributed by atoms with Gasteiger partial charge < -0.3 is 28.8 Å². The van der Waals surface area contributed by atoms with Gasteiger partial charge in [0.05, 0.1) is 19.8 Å². The van der Waals surface area contributed by atoms with Gasteiger partial charge in [-0.05, 0) is 51.5 Å². The fraction of sp³-hybridized carbons (Fsp3) is 0.679. The third kappa shape index (κ3) is 4.35. The van der Waals surface area contributed by atoms with E-state index in [0.29, 0.717) is 36.3 Å². The van der Waals surface area contributed by atoms with Gasteiger partial charge in [-0.1, -0.05) is 6.92 Å². The molecule has 2 aliphatic heterocycles. The molecule has 1 aromatic carbocycles. The number of hydrogen-bond acceptors (Lipinski definition) is 9. The van der Waals surface area contributed by atoms with Crippen LogP contribution in [0.25, 0.3) is 0 Å². The average Bonchev–Trinajstić information content (AvgIpc) is 3.17. The molecule has 0 unspecified atom stereocenters. The Labute approximate surface area is 217 Å². The van der Waals surface area contributed by atoms with Gasteiger partial charge in [-0.15, -0.1) is 0 Å². The van der Waals surface area contributed by atoms with E-state index >= 15 is 0 Å². The van der Waals surface area contributed by atoms with Gasteiger partial charge in [-0.3, -0.25) is 9.59 Å². The van der Waals surface area contributed by atoms with Crippen molar-refractivity contribution in [1.82, 2.24) is 0 Å². The van der Waals surface area contributed by atoms with Crippen molar-refractivity contribution in [2.75, 3.05) is 14.2 Å². The standard InChI is InChI=1S/C28H38O9/c1-14-17-13-35-25(31)21(17)23(34-8)16-11-19-27(5,10-9-20(30)33-7)24(26(3,4)32)18(36-15(2)29)12-28(19,6)37-22(14)16/h18-19,24,32H,9-13H2,1-8H3/t18-,19+,24-,27+,28+/m0/s1. The van der Waals surface area contributed by atoms with Crippen LogP contribution in [0.5, 0.6) is 11.5 Å². The lowest BCUT2D eigenvalue weighted by Crippen LogP contribution is -2.66. The predicted molar refractivity (Wildman–Crippen MR) is 132 cm³/mol. The molecule has 0 amide bonds. The maximum Gasteiger partial charge on any atom is 0.342 e. The molecular formula is C28H38O9. The number of hydrogen-bond donors (Lipinski definition) is 1. The summed E-state index contributed by atoms with van der Waals surface area (Å²) in [5.74, 6) is -0.874. The molecule has 204 valence electrons. The molecule has 1 aromatic rings. The molecule has 0 radical (unpaired) electrons. The summed E-state index contributed by atoms with van der Waals surface area (Å²) in [4.78, 5) is 37.1. The highest BCUT2D eigenvalue weighted by Gasteiger charge is 2.64. The number of fused-ring (bicyclic) bond motifs is 3. The van der Waals surface area contributed by atoms with Gasteiger partial charge in [-0.2, -0.15) is 0 Å². The molecule has 2 heterocycles. The van der Waals surface area contributed by atoms with Crippen LogP contribution in [0.1, 0.15) is 80.9 Å². The second-order valence-electron chi connectivity index (χ2n) is 11.6. The minimum absolute atomic E-state index is 0.123. The number of rotatable bonds is 6. The quantitative estimate of drug-likeness (QED) is 0.445. The van der Waals surface area contributed by atoms with Crippen molar-refractivity contribution >= 4 is 17.9 Å². The largest absolute Gasteiger partial charge is 0.495 e. The molecule has 1 saturated carbocycles. The molecule has 1 fully saturated rings. The summed E-state index contributed by atoms with van der Waals surface area (Å²) in [7, 11) is 2.87. The molecule has 37 heavy (non-hydrogen) atoms. The van der Waals surface area contributed by atoms with Crippen LogP contribution in [-0.2, 0) is 36.8 Å². The van der Waals surface area contributed by atoms with Crippen molar-refractivity contribution < 1.29 is 43.2 Å². The van der Waals surface area contributed by atoms with Gasteiger partial charge in [-0.25, -0.2) is 4.79 Å². The molecule has 3 aliphatic rings. The number of carbonyl (C=O) groups is 3. The summed E-state index contributed by atoms with van der Waals surface area (Å²) in [5, 5.41) is 11.4. The normalized spacial score (nSPS) is 30.3. The zero-order valence-electron chi connectivity index (χ0n) is 23.0. The maximum absolute atomic E-state index is 12.6. The Hall–Kier alpha value is -2.81. The fourth-order valence-electron chi connectivity index (χ4n) is 7.48. The fourth-order valence-corrected chi connectivity index (χ4v) is 7.48. The highest BCUT2D eigenvalue weighted by molar-refractivity contribution is 5.98. The molecule has 9 heteroatoms. The Morgan fingerprint density at radius 2 is 1.86 bits per heavy atom. The van der Waals surface area contributed by atoms with Gasteiger partial charge in [0.1, 0.15) is 35.4 Å². The Morgan fingerprint density at radius 3 is 2.43 bits per heavy atom. The first-order valence-electron chi connectivity index (χ1n) is 12.7. The van der Waals surface area contributed by atoms with Gasteiger partial charge in [0.15, 0.2) is 0 Å². The lowest BCUT2D eigenvalue weighted by molar-refractivity contribution is -0.223. The van der Waals surface area contributed by atoms with Crippen molar-refractivity contribution in [3.8, 4) is 11.5 Å². The van der Waals surface area contributed by atoms with Crippen LogP contribution < -0.4 is 9.47 Å². The van der Waals surface area contributed by atoms with E-state index in [-0.39, 0.29) is 24.9 Å². The minimum Gasteiger partial charge on any atom is -0.495 e. The van der Waals surface area contributed by atoms with Crippen molar-refractivity contribution in [3.05, 3.63) is 22.3 Å². The number of aliphatic hydroxyl groups is 1. The maximum atomic E-state index is 12.6. The second-order valence-corrected chi connectivity index (χ2v) is 11.6. The van der Waals surface area contributed by atoms with Crippen LogP contribution in [0, 0.1) is 24.2 Å². The SMILES string of the molecule is COC(=O)CC[C@]1(C)[C@H]2Cc3c(c(C)c4c(c3OC)C(=O)OC4)O[C@]2(C)C[C@H](OC(C)=O)[C@H]1C(C)(C)O. The van der Waals surface area contributed by atoms with Crippen molar-refractivity contribution in [2.45, 2.75) is 91.1 Å². The molecule has 1 N–H and O–H groups in total. The summed E-state index contributed by atoms with van der Waals surface area (Å²) in [6.45, 7) is 10.8. The smallest absolute Gasteiger partial charge is 0.342 e. The van der Waals surface area contributed by atoms with Crippen molar-refractivity contribution in [2.24, 2.45) is 17.3 Å². The topological polar surface area (TPSA) is 118 Å². The Morgan fingerprint density at radius 1 is 1.19 bits per heavy atom. The molecule has 1 aliphatic carbocycles. The van der Waals surface area contributed by atoms with Gasteiger partial charge in [0.25, 0.3) is 0 Å². The molecule has 5 atom stereocenters. The number of benzene rings is 1. The zero-order chi connectivity index (χ0) is 27.5. The third-order valence-corrected chi connectivity index (χ3v) is 8.77. The summed E-state index contributed by atoms with van der Waals surface area (Å²) < 4.78 is 28.7. The van der Waals surface area contributed by atoms with Crippen molar-refractivity contribution in [3.63, 3.8) is 0 Å². The Balaban J connectivity index is 1.92. The summed E-state index contributed by atoms with van der Waals surface area (Å²) >= 11 is 0. The average molecular weight is 519 g/mol. The highest BCUT2D eigenvalue weighted by Crippen LogP contribution is 2.62. The predicted octanol–water partition coefficient (Wildman–Crippen LogP) is 3.67.